The normalized spacial score (nSPS) is 10.5. The quantitative estimate of drug-likeness (QED) is 0.351. The van der Waals surface area contributed by atoms with Gasteiger partial charge in [-0.1, -0.05) is 34.8 Å². The second-order valence-corrected chi connectivity index (χ2v) is 7.53. The maximum Gasteiger partial charge on any atom is 0.374 e. The first-order valence-electron chi connectivity index (χ1n) is 8.62. The third kappa shape index (κ3) is 5.13. The van der Waals surface area contributed by atoms with Crippen molar-refractivity contribution in [2.24, 2.45) is 0 Å². The lowest BCUT2D eigenvalue weighted by Crippen LogP contribution is -2.30. The SMILES string of the molecule is Cc1cc(Oc2ncnc(NNC(=O)c3ccc(Cl)cc3Cl)c2[N+](=O)[O-])cc(C)c1Cl. The molecule has 0 saturated heterocycles. The summed E-state index contributed by atoms with van der Waals surface area (Å²) in [5.74, 6) is -0.941. The van der Waals surface area contributed by atoms with E-state index in [0.29, 0.717) is 15.8 Å². The molecule has 12 heteroatoms. The highest BCUT2D eigenvalue weighted by Gasteiger charge is 2.26. The van der Waals surface area contributed by atoms with Crippen molar-refractivity contribution < 1.29 is 14.5 Å². The zero-order chi connectivity index (χ0) is 22.7. The van der Waals surface area contributed by atoms with Crippen LogP contribution >= 0.6 is 34.8 Å². The van der Waals surface area contributed by atoms with Gasteiger partial charge in [-0.25, -0.2) is 4.98 Å². The number of amides is 1. The molecule has 1 aromatic heterocycles. The molecule has 9 nitrogen and oxygen atoms in total. The van der Waals surface area contributed by atoms with E-state index in [1.165, 1.54) is 18.2 Å². The first-order chi connectivity index (χ1) is 14.7. The highest BCUT2D eigenvalue weighted by atomic mass is 35.5. The molecule has 0 aliphatic heterocycles. The zero-order valence-corrected chi connectivity index (χ0v) is 18.3. The number of hydrazine groups is 1. The van der Waals surface area contributed by atoms with E-state index in [9.17, 15) is 14.9 Å². The number of carbonyl (C=O) groups excluding carboxylic acids is 1. The predicted molar refractivity (Wildman–Crippen MR) is 117 cm³/mol. The van der Waals surface area contributed by atoms with E-state index >= 15 is 0 Å². The van der Waals surface area contributed by atoms with Crippen LogP contribution in [0, 0.1) is 24.0 Å². The molecule has 0 saturated carbocycles. The lowest BCUT2D eigenvalue weighted by Gasteiger charge is -2.12. The number of nitrogens with zero attached hydrogens (tertiary/aromatic N) is 3. The number of aryl methyl sites for hydroxylation is 2. The number of halogens is 3. The maximum atomic E-state index is 12.4. The zero-order valence-electron chi connectivity index (χ0n) is 16.1. The lowest BCUT2D eigenvalue weighted by atomic mass is 10.1. The molecule has 0 radical (unpaired) electrons. The summed E-state index contributed by atoms with van der Waals surface area (Å²) in [7, 11) is 0. The van der Waals surface area contributed by atoms with Crippen molar-refractivity contribution in [2.75, 3.05) is 5.43 Å². The van der Waals surface area contributed by atoms with E-state index in [1.54, 1.807) is 26.0 Å². The summed E-state index contributed by atoms with van der Waals surface area (Å²) >= 11 is 18.0. The highest BCUT2D eigenvalue weighted by molar-refractivity contribution is 6.36. The largest absolute Gasteiger partial charge is 0.434 e. The molecule has 0 aliphatic rings. The van der Waals surface area contributed by atoms with Gasteiger partial charge in [0.05, 0.1) is 15.5 Å². The molecule has 1 heterocycles. The van der Waals surface area contributed by atoms with Gasteiger partial charge >= 0.3 is 11.6 Å². The highest BCUT2D eigenvalue weighted by Crippen LogP contribution is 2.35. The Morgan fingerprint density at radius 3 is 2.39 bits per heavy atom. The van der Waals surface area contributed by atoms with Crippen LogP contribution in [0.25, 0.3) is 0 Å². The Bertz CT molecular complexity index is 1170. The van der Waals surface area contributed by atoms with Crippen LogP contribution in [-0.4, -0.2) is 20.8 Å². The summed E-state index contributed by atoms with van der Waals surface area (Å²) < 4.78 is 5.61. The number of ether oxygens (including phenoxy) is 1. The molecule has 2 N–H and O–H groups in total. The third-order valence-electron chi connectivity index (χ3n) is 4.07. The maximum absolute atomic E-state index is 12.4. The minimum absolute atomic E-state index is 0.110. The predicted octanol–water partition coefficient (Wildman–Crippen LogP) is 5.51. The average molecular weight is 483 g/mol. The van der Waals surface area contributed by atoms with Crippen molar-refractivity contribution in [1.82, 2.24) is 15.4 Å². The van der Waals surface area contributed by atoms with E-state index in [4.69, 9.17) is 39.5 Å². The number of nitrogens with one attached hydrogen (secondary N) is 2. The minimum Gasteiger partial charge on any atom is -0.434 e. The van der Waals surface area contributed by atoms with Gasteiger partial charge in [0.2, 0.25) is 5.82 Å². The Labute approximate surface area is 191 Å². The summed E-state index contributed by atoms with van der Waals surface area (Å²) in [6.45, 7) is 3.56. The van der Waals surface area contributed by atoms with Gasteiger partial charge in [-0.2, -0.15) is 4.98 Å². The number of hydrogen-bond acceptors (Lipinski definition) is 7. The number of hydrogen-bond donors (Lipinski definition) is 2. The van der Waals surface area contributed by atoms with E-state index in [0.717, 1.165) is 17.5 Å². The fraction of sp³-hybridized carbons (Fsp3) is 0.105. The summed E-state index contributed by atoms with van der Waals surface area (Å²) in [6.07, 6.45) is 1.06. The van der Waals surface area contributed by atoms with Gasteiger partial charge in [0, 0.05) is 10.0 Å². The Balaban J connectivity index is 1.86. The van der Waals surface area contributed by atoms with Crippen molar-refractivity contribution in [1.29, 1.82) is 0 Å². The Morgan fingerprint density at radius 2 is 1.77 bits per heavy atom. The van der Waals surface area contributed by atoms with Crippen LogP contribution in [-0.2, 0) is 0 Å². The molecular weight excluding hydrogens is 469 g/mol. The van der Waals surface area contributed by atoms with Crippen LogP contribution in [0.15, 0.2) is 36.7 Å². The first-order valence-corrected chi connectivity index (χ1v) is 9.76. The molecule has 1 amide bonds. The van der Waals surface area contributed by atoms with Crippen molar-refractivity contribution in [3.8, 4) is 11.6 Å². The third-order valence-corrected chi connectivity index (χ3v) is 5.21. The molecular formula is C19H14Cl3N5O4. The smallest absolute Gasteiger partial charge is 0.374 e. The number of rotatable bonds is 6. The van der Waals surface area contributed by atoms with Gasteiger partial charge in [0.15, 0.2) is 0 Å². The molecule has 0 spiro atoms. The monoisotopic (exact) mass is 481 g/mol. The fourth-order valence-corrected chi connectivity index (χ4v) is 3.23. The van der Waals surface area contributed by atoms with Gasteiger partial charge in [-0.05, 0) is 55.3 Å². The van der Waals surface area contributed by atoms with Crippen molar-refractivity contribution in [3.05, 3.63) is 78.5 Å². The summed E-state index contributed by atoms with van der Waals surface area (Å²) in [5.41, 5.74) is 5.72. The van der Waals surface area contributed by atoms with Gasteiger partial charge in [0.1, 0.15) is 12.1 Å². The van der Waals surface area contributed by atoms with E-state index in [2.05, 4.69) is 20.8 Å². The first kappa shape index (κ1) is 22.5. The second kappa shape index (κ2) is 9.34. The summed E-state index contributed by atoms with van der Waals surface area (Å²) in [5, 5.41) is 12.7. The number of anilines is 1. The lowest BCUT2D eigenvalue weighted by molar-refractivity contribution is -0.385. The van der Waals surface area contributed by atoms with Crippen molar-refractivity contribution in [2.45, 2.75) is 13.8 Å². The summed E-state index contributed by atoms with van der Waals surface area (Å²) in [6, 6.07) is 7.54. The average Bonchev–Trinajstić information content (AvgIpc) is 2.70. The van der Waals surface area contributed by atoms with Gasteiger partial charge < -0.3 is 4.74 Å². The molecule has 0 bridgehead atoms. The van der Waals surface area contributed by atoms with Gasteiger partial charge in [-0.3, -0.25) is 25.8 Å². The van der Waals surface area contributed by atoms with Crippen LogP contribution in [0.3, 0.4) is 0 Å². The van der Waals surface area contributed by atoms with E-state index < -0.39 is 16.5 Å². The topological polar surface area (TPSA) is 119 Å². The number of benzene rings is 2. The number of nitro groups is 1. The van der Waals surface area contributed by atoms with Crippen LogP contribution in [0.4, 0.5) is 11.5 Å². The number of aromatic nitrogens is 2. The van der Waals surface area contributed by atoms with Crippen LogP contribution in [0.1, 0.15) is 21.5 Å². The second-order valence-electron chi connectivity index (χ2n) is 6.31. The van der Waals surface area contributed by atoms with Crippen molar-refractivity contribution in [3.63, 3.8) is 0 Å². The molecule has 3 rings (SSSR count). The molecule has 2 aromatic carbocycles. The Hall–Kier alpha value is -3.14. The van der Waals surface area contributed by atoms with Crippen molar-refractivity contribution >= 4 is 52.2 Å². The standard InChI is InChI=1S/C19H14Cl3N5O4/c1-9-5-12(6-10(2)15(9)22)31-19-16(27(29)30)17(23-8-24-19)25-26-18(28)13-4-3-11(20)7-14(13)21/h3-8H,1-2H3,(H,26,28)(H,23,24,25). The fourth-order valence-electron chi connectivity index (χ4n) is 2.63. The van der Waals surface area contributed by atoms with Gasteiger partial charge in [0.25, 0.3) is 5.91 Å². The van der Waals surface area contributed by atoms with Crippen LogP contribution in [0.5, 0.6) is 11.6 Å². The molecule has 0 atom stereocenters. The van der Waals surface area contributed by atoms with Crippen LogP contribution in [0.2, 0.25) is 15.1 Å². The molecule has 160 valence electrons. The van der Waals surface area contributed by atoms with E-state index in [1.807, 2.05) is 0 Å². The molecule has 0 aliphatic carbocycles. The number of carbonyl (C=O) groups is 1. The Morgan fingerprint density at radius 1 is 1.10 bits per heavy atom. The van der Waals surface area contributed by atoms with E-state index in [-0.39, 0.29) is 22.3 Å². The molecule has 0 fully saturated rings. The molecule has 3 aromatic rings. The summed E-state index contributed by atoms with van der Waals surface area (Å²) in [4.78, 5) is 31.0. The minimum atomic E-state index is -0.727. The molecule has 31 heavy (non-hydrogen) atoms. The Kier molecular flexibility index (Phi) is 6.79. The van der Waals surface area contributed by atoms with Crippen LogP contribution < -0.4 is 15.6 Å². The molecule has 0 unspecified atom stereocenters. The van der Waals surface area contributed by atoms with Gasteiger partial charge in [-0.15, -0.1) is 0 Å².